The summed E-state index contributed by atoms with van der Waals surface area (Å²) < 4.78 is 5.44. The average molecular weight is 342 g/mol. The fraction of sp³-hybridized carbons (Fsp3) is 0.667. The predicted molar refractivity (Wildman–Crippen MR) is 98.8 cm³/mol. The SMILES string of the molecule is O=CCCC1CCN(CC2CO2)CC1c1ccc2c(c1)CNCCC2. The number of nitrogens with one attached hydrogen (secondary N) is 1. The van der Waals surface area contributed by atoms with Gasteiger partial charge in [-0.15, -0.1) is 0 Å². The van der Waals surface area contributed by atoms with Crippen molar-refractivity contribution in [2.45, 2.75) is 50.7 Å². The number of aryl methyl sites for hydroxylation is 1. The molecule has 3 unspecified atom stereocenters. The molecule has 0 bridgehead atoms. The maximum Gasteiger partial charge on any atom is 0.120 e. The lowest BCUT2D eigenvalue weighted by molar-refractivity contribution is -0.108. The normalized spacial score (nSPS) is 29.7. The molecular formula is C21H30N2O2. The van der Waals surface area contributed by atoms with Crippen molar-refractivity contribution in [1.82, 2.24) is 10.2 Å². The van der Waals surface area contributed by atoms with Crippen molar-refractivity contribution in [3.05, 3.63) is 34.9 Å². The van der Waals surface area contributed by atoms with Gasteiger partial charge in [-0.05, 0) is 67.3 Å². The number of fused-ring (bicyclic) bond motifs is 1. The lowest BCUT2D eigenvalue weighted by Gasteiger charge is -2.39. The van der Waals surface area contributed by atoms with Crippen LogP contribution < -0.4 is 5.32 Å². The van der Waals surface area contributed by atoms with E-state index >= 15 is 0 Å². The number of epoxide rings is 1. The molecule has 136 valence electrons. The summed E-state index contributed by atoms with van der Waals surface area (Å²) in [5.41, 5.74) is 4.46. The van der Waals surface area contributed by atoms with Crippen LogP contribution in [-0.2, 0) is 22.5 Å². The number of likely N-dealkylation sites (tertiary alicyclic amines) is 1. The van der Waals surface area contributed by atoms with Gasteiger partial charge >= 0.3 is 0 Å². The van der Waals surface area contributed by atoms with Crippen LogP contribution >= 0.6 is 0 Å². The van der Waals surface area contributed by atoms with Crippen molar-refractivity contribution in [3.8, 4) is 0 Å². The smallest absolute Gasteiger partial charge is 0.120 e. The fourth-order valence-electron chi connectivity index (χ4n) is 4.61. The Balaban J connectivity index is 1.53. The van der Waals surface area contributed by atoms with E-state index in [0.717, 1.165) is 52.0 Å². The summed E-state index contributed by atoms with van der Waals surface area (Å²) in [7, 11) is 0. The average Bonchev–Trinajstić information content (AvgIpc) is 3.46. The van der Waals surface area contributed by atoms with Gasteiger partial charge in [0.1, 0.15) is 6.29 Å². The number of carbonyl (C=O) groups is 1. The molecule has 4 rings (SSSR count). The van der Waals surface area contributed by atoms with Crippen molar-refractivity contribution in [1.29, 1.82) is 0 Å². The van der Waals surface area contributed by atoms with Gasteiger partial charge in [0.15, 0.2) is 0 Å². The van der Waals surface area contributed by atoms with Crippen LogP contribution in [-0.4, -0.2) is 50.1 Å². The van der Waals surface area contributed by atoms with Gasteiger partial charge in [-0.25, -0.2) is 0 Å². The molecule has 0 saturated carbocycles. The number of aldehydes is 1. The Morgan fingerprint density at radius 2 is 2.24 bits per heavy atom. The van der Waals surface area contributed by atoms with Gasteiger partial charge in [-0.2, -0.15) is 0 Å². The number of carbonyl (C=O) groups excluding carboxylic acids is 1. The first-order valence-corrected chi connectivity index (χ1v) is 9.93. The maximum absolute atomic E-state index is 10.9. The van der Waals surface area contributed by atoms with Gasteiger partial charge in [-0.3, -0.25) is 0 Å². The standard InChI is InChI=1S/C21H30N2O2/c24-10-2-4-17-7-9-23(13-20-15-25-20)14-21(17)18-6-5-16-3-1-8-22-12-19(16)11-18/h5-6,10-11,17,20-22H,1-4,7-9,12-15H2. The highest BCUT2D eigenvalue weighted by Gasteiger charge is 2.33. The van der Waals surface area contributed by atoms with Gasteiger partial charge in [0.25, 0.3) is 0 Å². The first-order chi connectivity index (χ1) is 12.3. The molecule has 1 aromatic carbocycles. The van der Waals surface area contributed by atoms with E-state index < -0.39 is 0 Å². The zero-order chi connectivity index (χ0) is 17.1. The Kier molecular flexibility index (Phi) is 5.49. The van der Waals surface area contributed by atoms with Crippen LogP contribution in [0.5, 0.6) is 0 Å². The van der Waals surface area contributed by atoms with Crippen molar-refractivity contribution >= 4 is 6.29 Å². The molecule has 3 heterocycles. The highest BCUT2D eigenvalue weighted by molar-refractivity contribution is 5.49. The van der Waals surface area contributed by atoms with E-state index in [0.29, 0.717) is 24.4 Å². The number of nitrogens with zero attached hydrogens (tertiary/aromatic N) is 1. The van der Waals surface area contributed by atoms with Crippen molar-refractivity contribution in [2.75, 3.05) is 32.8 Å². The van der Waals surface area contributed by atoms with Crippen molar-refractivity contribution in [2.24, 2.45) is 5.92 Å². The van der Waals surface area contributed by atoms with E-state index in [1.165, 1.54) is 36.0 Å². The zero-order valence-corrected chi connectivity index (χ0v) is 15.1. The van der Waals surface area contributed by atoms with Crippen LogP contribution in [0.2, 0.25) is 0 Å². The van der Waals surface area contributed by atoms with Gasteiger partial charge < -0.3 is 19.7 Å². The largest absolute Gasteiger partial charge is 0.372 e. The van der Waals surface area contributed by atoms with Gasteiger partial charge in [0.2, 0.25) is 0 Å². The van der Waals surface area contributed by atoms with E-state index in [9.17, 15) is 4.79 Å². The van der Waals surface area contributed by atoms with E-state index in [-0.39, 0.29) is 0 Å². The van der Waals surface area contributed by atoms with Crippen LogP contribution in [0, 0.1) is 5.92 Å². The summed E-state index contributed by atoms with van der Waals surface area (Å²) in [6, 6.07) is 7.17. The fourth-order valence-corrected chi connectivity index (χ4v) is 4.61. The number of hydrogen-bond donors (Lipinski definition) is 1. The topological polar surface area (TPSA) is 44.9 Å². The van der Waals surface area contributed by atoms with Crippen molar-refractivity contribution in [3.63, 3.8) is 0 Å². The van der Waals surface area contributed by atoms with Gasteiger partial charge in [0, 0.05) is 26.1 Å². The molecule has 1 aromatic rings. The van der Waals surface area contributed by atoms with E-state index in [1.807, 2.05) is 0 Å². The first kappa shape index (κ1) is 17.2. The van der Waals surface area contributed by atoms with Gasteiger partial charge in [0.05, 0.1) is 12.7 Å². The Morgan fingerprint density at radius 1 is 1.32 bits per heavy atom. The molecule has 0 amide bonds. The highest BCUT2D eigenvalue weighted by Crippen LogP contribution is 2.36. The molecular weight excluding hydrogens is 312 g/mol. The Hall–Kier alpha value is -1.23. The summed E-state index contributed by atoms with van der Waals surface area (Å²) in [6.07, 6.45) is 6.88. The van der Waals surface area contributed by atoms with Crippen LogP contribution in [0.1, 0.15) is 48.3 Å². The number of benzene rings is 1. The van der Waals surface area contributed by atoms with E-state index in [2.05, 4.69) is 28.4 Å². The van der Waals surface area contributed by atoms with Crippen LogP contribution in [0.4, 0.5) is 0 Å². The Labute approximate surface area is 150 Å². The minimum absolute atomic E-state index is 0.462. The maximum atomic E-state index is 10.9. The van der Waals surface area contributed by atoms with Crippen molar-refractivity contribution < 1.29 is 9.53 Å². The molecule has 2 saturated heterocycles. The lowest BCUT2D eigenvalue weighted by Crippen LogP contribution is -2.41. The second-order valence-corrected chi connectivity index (χ2v) is 7.92. The monoisotopic (exact) mass is 342 g/mol. The summed E-state index contributed by atoms with van der Waals surface area (Å²) in [4.78, 5) is 13.5. The summed E-state index contributed by atoms with van der Waals surface area (Å²) in [5, 5.41) is 3.55. The molecule has 4 heteroatoms. The first-order valence-electron chi connectivity index (χ1n) is 9.93. The van der Waals surface area contributed by atoms with Crippen LogP contribution in [0.25, 0.3) is 0 Å². The molecule has 4 nitrogen and oxygen atoms in total. The third-order valence-corrected chi connectivity index (χ3v) is 6.13. The lowest BCUT2D eigenvalue weighted by atomic mass is 9.77. The molecule has 2 fully saturated rings. The number of rotatable bonds is 6. The summed E-state index contributed by atoms with van der Waals surface area (Å²) in [5.74, 6) is 1.17. The third-order valence-electron chi connectivity index (χ3n) is 6.13. The highest BCUT2D eigenvalue weighted by atomic mass is 16.6. The minimum Gasteiger partial charge on any atom is -0.372 e. The number of ether oxygens (including phenoxy) is 1. The molecule has 3 atom stereocenters. The summed E-state index contributed by atoms with van der Waals surface area (Å²) >= 11 is 0. The van der Waals surface area contributed by atoms with Gasteiger partial charge in [-0.1, -0.05) is 18.2 Å². The zero-order valence-electron chi connectivity index (χ0n) is 15.1. The molecule has 0 aliphatic carbocycles. The Morgan fingerprint density at radius 3 is 3.08 bits per heavy atom. The van der Waals surface area contributed by atoms with E-state index in [4.69, 9.17) is 4.74 Å². The number of piperidine rings is 1. The molecule has 0 aromatic heterocycles. The quantitative estimate of drug-likeness (QED) is 0.637. The molecule has 0 radical (unpaired) electrons. The van der Waals surface area contributed by atoms with Crippen LogP contribution in [0.15, 0.2) is 18.2 Å². The molecule has 3 aliphatic heterocycles. The molecule has 0 spiro atoms. The number of hydrogen-bond acceptors (Lipinski definition) is 4. The second kappa shape index (κ2) is 7.98. The van der Waals surface area contributed by atoms with Crippen LogP contribution in [0.3, 0.4) is 0 Å². The third kappa shape index (κ3) is 4.30. The predicted octanol–water partition coefficient (Wildman–Crippen LogP) is 2.51. The second-order valence-electron chi connectivity index (χ2n) is 7.92. The van der Waals surface area contributed by atoms with E-state index in [1.54, 1.807) is 0 Å². The molecule has 25 heavy (non-hydrogen) atoms. The Bertz CT molecular complexity index is 600. The summed E-state index contributed by atoms with van der Waals surface area (Å²) in [6.45, 7) is 6.37. The molecule has 3 aliphatic rings. The minimum atomic E-state index is 0.462. The molecule has 1 N–H and O–H groups in total.